The van der Waals surface area contributed by atoms with Crippen LogP contribution in [-0.2, 0) is 11.3 Å². The molecule has 0 bridgehead atoms. The van der Waals surface area contributed by atoms with Crippen LogP contribution >= 0.6 is 0 Å². The molecule has 1 rings (SSSR count). The summed E-state index contributed by atoms with van der Waals surface area (Å²) in [6, 6.07) is 2.37. The van der Waals surface area contributed by atoms with Gasteiger partial charge in [0.05, 0.1) is 6.61 Å². The van der Waals surface area contributed by atoms with Crippen LogP contribution in [0.4, 0.5) is 8.78 Å². The number of aryl methyl sites for hydroxylation is 1. The highest BCUT2D eigenvalue weighted by Gasteiger charge is 2.06. The Kier molecular flexibility index (Phi) is 3.37. The van der Waals surface area contributed by atoms with E-state index in [-0.39, 0.29) is 12.2 Å². The molecule has 0 aliphatic rings. The van der Waals surface area contributed by atoms with E-state index in [9.17, 15) is 8.78 Å². The summed E-state index contributed by atoms with van der Waals surface area (Å²) in [6.07, 6.45) is 0. The molecule has 1 nitrogen and oxygen atoms in total. The lowest BCUT2D eigenvalue weighted by Crippen LogP contribution is -1.98. The van der Waals surface area contributed by atoms with E-state index in [0.29, 0.717) is 12.2 Å². The van der Waals surface area contributed by atoms with Gasteiger partial charge in [0.15, 0.2) is 0 Å². The molecule has 13 heavy (non-hydrogen) atoms. The second-order valence-corrected chi connectivity index (χ2v) is 2.83. The Balaban J connectivity index is 2.88. The first-order chi connectivity index (χ1) is 6.15. The van der Waals surface area contributed by atoms with Crippen LogP contribution in [0.15, 0.2) is 12.1 Å². The molecule has 0 radical (unpaired) electrons. The molecule has 0 aliphatic heterocycles. The van der Waals surface area contributed by atoms with Gasteiger partial charge in [-0.3, -0.25) is 0 Å². The van der Waals surface area contributed by atoms with E-state index < -0.39 is 11.6 Å². The lowest BCUT2D eigenvalue weighted by atomic mass is 10.1. The van der Waals surface area contributed by atoms with Gasteiger partial charge in [-0.25, -0.2) is 8.78 Å². The predicted octanol–water partition coefficient (Wildman–Crippen LogP) is 2.81. The van der Waals surface area contributed by atoms with Gasteiger partial charge in [-0.1, -0.05) is 0 Å². The summed E-state index contributed by atoms with van der Waals surface area (Å²) in [5, 5.41) is 0. The quantitative estimate of drug-likeness (QED) is 0.705. The Bertz CT molecular complexity index is 297. The Labute approximate surface area is 76.3 Å². The molecule has 0 unspecified atom stereocenters. The van der Waals surface area contributed by atoms with Crippen molar-refractivity contribution in [2.24, 2.45) is 0 Å². The molecule has 0 spiro atoms. The van der Waals surface area contributed by atoms with Gasteiger partial charge in [0.1, 0.15) is 11.6 Å². The second-order valence-electron chi connectivity index (χ2n) is 2.83. The molecule has 0 saturated heterocycles. The molecule has 1 aromatic rings. The van der Waals surface area contributed by atoms with Crippen molar-refractivity contribution in [1.82, 2.24) is 0 Å². The highest BCUT2D eigenvalue weighted by Crippen LogP contribution is 2.14. The lowest BCUT2D eigenvalue weighted by Gasteiger charge is -2.05. The van der Waals surface area contributed by atoms with Gasteiger partial charge in [-0.2, -0.15) is 0 Å². The van der Waals surface area contributed by atoms with Crippen LogP contribution in [-0.4, -0.2) is 6.61 Å². The zero-order valence-corrected chi connectivity index (χ0v) is 7.73. The van der Waals surface area contributed by atoms with Gasteiger partial charge >= 0.3 is 0 Å². The summed E-state index contributed by atoms with van der Waals surface area (Å²) in [7, 11) is 0. The van der Waals surface area contributed by atoms with Crippen LogP contribution in [0.25, 0.3) is 0 Å². The fraction of sp³-hybridized carbons (Fsp3) is 0.400. The Morgan fingerprint density at radius 1 is 1.23 bits per heavy atom. The first kappa shape index (κ1) is 10.1. The number of ether oxygens (including phenoxy) is 1. The Morgan fingerprint density at radius 2 is 1.92 bits per heavy atom. The molecular formula is C10H12F2O. The molecule has 0 aliphatic carbocycles. The zero-order chi connectivity index (χ0) is 9.84. The fourth-order valence-corrected chi connectivity index (χ4v) is 1.01. The summed E-state index contributed by atoms with van der Waals surface area (Å²) in [4.78, 5) is 0. The summed E-state index contributed by atoms with van der Waals surface area (Å²) >= 11 is 0. The van der Waals surface area contributed by atoms with E-state index in [4.69, 9.17) is 4.74 Å². The van der Waals surface area contributed by atoms with Crippen LogP contribution in [0.3, 0.4) is 0 Å². The lowest BCUT2D eigenvalue weighted by molar-refractivity contribution is 0.131. The average molecular weight is 186 g/mol. The monoisotopic (exact) mass is 186 g/mol. The third-order valence-electron chi connectivity index (χ3n) is 1.79. The number of hydrogen-bond acceptors (Lipinski definition) is 1. The van der Waals surface area contributed by atoms with Crippen LogP contribution in [0, 0.1) is 18.6 Å². The van der Waals surface area contributed by atoms with Gasteiger partial charge < -0.3 is 4.74 Å². The minimum atomic E-state index is -0.410. The topological polar surface area (TPSA) is 9.23 Å². The molecule has 0 N–H and O–H groups in total. The second kappa shape index (κ2) is 4.33. The van der Waals surface area contributed by atoms with Crippen LogP contribution < -0.4 is 0 Å². The molecule has 3 heteroatoms. The Morgan fingerprint density at radius 3 is 2.54 bits per heavy atom. The molecule has 0 heterocycles. The van der Waals surface area contributed by atoms with Crippen LogP contribution in [0.2, 0.25) is 0 Å². The maximum atomic E-state index is 13.1. The zero-order valence-electron chi connectivity index (χ0n) is 7.73. The van der Waals surface area contributed by atoms with Crippen molar-refractivity contribution in [1.29, 1.82) is 0 Å². The van der Waals surface area contributed by atoms with Crippen molar-refractivity contribution in [3.63, 3.8) is 0 Å². The summed E-state index contributed by atoms with van der Waals surface area (Å²) in [5.74, 6) is -0.802. The van der Waals surface area contributed by atoms with E-state index in [0.717, 1.165) is 0 Å². The molecule has 0 atom stereocenters. The van der Waals surface area contributed by atoms with Gasteiger partial charge in [0.25, 0.3) is 0 Å². The van der Waals surface area contributed by atoms with Crippen LogP contribution in [0.1, 0.15) is 18.1 Å². The van der Waals surface area contributed by atoms with Crippen molar-refractivity contribution < 1.29 is 13.5 Å². The van der Waals surface area contributed by atoms with E-state index in [1.54, 1.807) is 0 Å². The number of halogens is 2. The SMILES string of the molecule is CCOCc1cc(F)c(C)cc1F. The third-order valence-corrected chi connectivity index (χ3v) is 1.79. The maximum Gasteiger partial charge on any atom is 0.129 e. The van der Waals surface area contributed by atoms with Crippen molar-refractivity contribution in [3.8, 4) is 0 Å². The van der Waals surface area contributed by atoms with Crippen molar-refractivity contribution >= 4 is 0 Å². The minimum absolute atomic E-state index is 0.125. The first-order valence-electron chi connectivity index (χ1n) is 4.17. The Hall–Kier alpha value is -0.960. The first-order valence-corrected chi connectivity index (χ1v) is 4.17. The average Bonchev–Trinajstić information content (AvgIpc) is 2.09. The van der Waals surface area contributed by atoms with Gasteiger partial charge in [0, 0.05) is 12.2 Å². The van der Waals surface area contributed by atoms with Crippen molar-refractivity contribution in [2.45, 2.75) is 20.5 Å². The van der Waals surface area contributed by atoms with E-state index in [2.05, 4.69) is 0 Å². The van der Waals surface area contributed by atoms with Gasteiger partial charge in [-0.05, 0) is 31.5 Å². The standard InChI is InChI=1S/C10H12F2O/c1-3-13-6-8-5-9(11)7(2)4-10(8)12/h4-5H,3,6H2,1-2H3. The smallest absolute Gasteiger partial charge is 0.129 e. The van der Waals surface area contributed by atoms with Gasteiger partial charge in [0.2, 0.25) is 0 Å². The molecule has 72 valence electrons. The molecule has 0 saturated carbocycles. The molecule has 1 aromatic carbocycles. The third kappa shape index (κ3) is 2.49. The van der Waals surface area contributed by atoms with Crippen molar-refractivity contribution in [2.75, 3.05) is 6.61 Å². The van der Waals surface area contributed by atoms with Crippen LogP contribution in [0.5, 0.6) is 0 Å². The van der Waals surface area contributed by atoms with E-state index in [1.165, 1.54) is 19.1 Å². The molecular weight excluding hydrogens is 174 g/mol. The van der Waals surface area contributed by atoms with E-state index >= 15 is 0 Å². The van der Waals surface area contributed by atoms with E-state index in [1.807, 2.05) is 6.92 Å². The number of benzene rings is 1. The highest BCUT2D eigenvalue weighted by atomic mass is 19.1. The maximum absolute atomic E-state index is 13.1. The van der Waals surface area contributed by atoms with Crippen molar-refractivity contribution in [3.05, 3.63) is 34.9 Å². The molecule has 0 fully saturated rings. The summed E-state index contributed by atoms with van der Waals surface area (Å²) in [5.41, 5.74) is 0.586. The number of rotatable bonds is 3. The normalized spacial score (nSPS) is 10.5. The summed E-state index contributed by atoms with van der Waals surface area (Å²) < 4.78 is 31.1. The number of hydrogen-bond donors (Lipinski definition) is 0. The highest BCUT2D eigenvalue weighted by molar-refractivity contribution is 5.24. The summed E-state index contributed by atoms with van der Waals surface area (Å²) in [6.45, 7) is 3.96. The van der Waals surface area contributed by atoms with Gasteiger partial charge in [-0.15, -0.1) is 0 Å². The molecule has 0 aromatic heterocycles. The fourth-order valence-electron chi connectivity index (χ4n) is 1.01. The largest absolute Gasteiger partial charge is 0.377 e. The predicted molar refractivity (Wildman–Crippen MR) is 46.4 cm³/mol. The minimum Gasteiger partial charge on any atom is -0.377 e. The molecule has 0 amide bonds.